The van der Waals surface area contributed by atoms with Gasteiger partial charge in [0.05, 0.1) is 17.6 Å². The van der Waals surface area contributed by atoms with Gasteiger partial charge in [0.25, 0.3) is 11.6 Å². The van der Waals surface area contributed by atoms with E-state index in [0.29, 0.717) is 37.2 Å². The first-order valence-electron chi connectivity index (χ1n) is 9.43. The first kappa shape index (κ1) is 20.5. The number of nitro benzene ring substituents is 1. The van der Waals surface area contributed by atoms with Gasteiger partial charge in [-0.25, -0.2) is 4.79 Å². The predicted molar refractivity (Wildman–Crippen MR) is 106 cm³/mol. The maximum absolute atomic E-state index is 13.1. The highest BCUT2D eigenvalue weighted by molar-refractivity contribution is 6.06. The summed E-state index contributed by atoms with van der Waals surface area (Å²) in [6, 6.07) is 13.0. The minimum absolute atomic E-state index is 0.0646. The number of esters is 1. The largest absolute Gasteiger partial charge is 0.464 e. The average Bonchev–Trinajstić information content (AvgIpc) is 2.91. The second-order valence-corrected chi connectivity index (χ2v) is 6.57. The summed E-state index contributed by atoms with van der Waals surface area (Å²) in [4.78, 5) is 36.8. The van der Waals surface area contributed by atoms with Gasteiger partial charge in [-0.2, -0.15) is 0 Å². The van der Waals surface area contributed by atoms with Gasteiger partial charge in [-0.1, -0.05) is 18.2 Å². The fraction of sp³-hybridized carbons (Fsp3) is 0.333. The van der Waals surface area contributed by atoms with E-state index in [2.05, 4.69) is 0 Å². The zero-order chi connectivity index (χ0) is 20.8. The van der Waals surface area contributed by atoms with Crippen molar-refractivity contribution in [3.05, 3.63) is 69.8 Å². The molecule has 2 aromatic rings. The van der Waals surface area contributed by atoms with Crippen LogP contribution in [0.4, 0.5) is 11.4 Å². The van der Waals surface area contributed by atoms with Crippen LogP contribution in [-0.4, -0.2) is 36.6 Å². The summed E-state index contributed by atoms with van der Waals surface area (Å²) in [7, 11) is 0. The molecule has 1 atom stereocenters. The van der Waals surface area contributed by atoms with Crippen LogP contribution < -0.4 is 4.90 Å². The lowest BCUT2D eigenvalue weighted by Crippen LogP contribution is -2.31. The number of para-hydroxylation sites is 1. The third kappa shape index (κ3) is 4.78. The van der Waals surface area contributed by atoms with Crippen molar-refractivity contribution in [2.45, 2.75) is 25.9 Å². The number of anilines is 1. The van der Waals surface area contributed by atoms with E-state index in [1.54, 1.807) is 11.8 Å². The molecule has 1 aliphatic rings. The molecule has 29 heavy (non-hydrogen) atoms. The van der Waals surface area contributed by atoms with Crippen LogP contribution in [0.2, 0.25) is 0 Å². The lowest BCUT2D eigenvalue weighted by atomic mass is 10.0. The van der Waals surface area contributed by atoms with E-state index >= 15 is 0 Å². The van der Waals surface area contributed by atoms with Crippen molar-refractivity contribution in [1.82, 2.24) is 0 Å². The van der Waals surface area contributed by atoms with E-state index in [9.17, 15) is 19.7 Å². The summed E-state index contributed by atoms with van der Waals surface area (Å²) in [6.07, 6.45) is 1.01. The summed E-state index contributed by atoms with van der Waals surface area (Å²) in [5, 5.41) is 10.8. The van der Waals surface area contributed by atoms with Crippen LogP contribution in [-0.2, 0) is 14.3 Å². The maximum Gasteiger partial charge on any atom is 0.332 e. The standard InChI is InChI=1S/C21H22N2O6/c1-2-28-20(24)14-29-19-8-5-13-22(18-7-4-3-6-17(18)19)21(25)15-9-11-16(12-10-15)23(26)27/h3-4,6-7,9-12,19H,2,5,8,13-14H2,1H3. The van der Waals surface area contributed by atoms with Crippen LogP contribution in [0.25, 0.3) is 0 Å². The van der Waals surface area contributed by atoms with E-state index in [-0.39, 0.29) is 24.3 Å². The Hall–Kier alpha value is -3.26. The van der Waals surface area contributed by atoms with E-state index in [1.807, 2.05) is 24.3 Å². The molecule has 152 valence electrons. The molecular formula is C21H22N2O6. The summed E-state index contributed by atoms with van der Waals surface area (Å²) in [6.45, 7) is 2.36. The smallest absolute Gasteiger partial charge is 0.332 e. The highest BCUT2D eigenvalue weighted by atomic mass is 16.6. The van der Waals surface area contributed by atoms with Crippen LogP contribution >= 0.6 is 0 Å². The van der Waals surface area contributed by atoms with Gasteiger partial charge in [-0.3, -0.25) is 14.9 Å². The zero-order valence-corrected chi connectivity index (χ0v) is 16.1. The molecule has 1 amide bonds. The molecule has 1 aliphatic heterocycles. The summed E-state index contributed by atoms with van der Waals surface area (Å²) in [5.41, 5.74) is 1.84. The second-order valence-electron chi connectivity index (χ2n) is 6.57. The number of carbonyl (C=O) groups excluding carboxylic acids is 2. The number of fused-ring (bicyclic) bond motifs is 1. The number of carbonyl (C=O) groups is 2. The number of amides is 1. The lowest BCUT2D eigenvalue weighted by Gasteiger charge is -2.24. The van der Waals surface area contributed by atoms with Crippen LogP contribution in [0.15, 0.2) is 48.5 Å². The van der Waals surface area contributed by atoms with Crippen LogP contribution in [0.1, 0.15) is 41.8 Å². The number of rotatable bonds is 6. The fourth-order valence-corrected chi connectivity index (χ4v) is 3.35. The minimum Gasteiger partial charge on any atom is -0.464 e. The SMILES string of the molecule is CCOC(=O)COC1CCCN(C(=O)c2ccc([N+](=O)[O-])cc2)c2ccccc21. The van der Waals surface area contributed by atoms with Crippen LogP contribution in [0.5, 0.6) is 0 Å². The topological polar surface area (TPSA) is 99.0 Å². The van der Waals surface area contributed by atoms with Gasteiger partial charge in [0, 0.05) is 35.5 Å². The Bertz CT molecular complexity index is 896. The molecule has 1 heterocycles. The predicted octanol–water partition coefficient (Wildman–Crippen LogP) is 3.66. The fourth-order valence-electron chi connectivity index (χ4n) is 3.35. The minimum atomic E-state index is -0.499. The first-order valence-corrected chi connectivity index (χ1v) is 9.43. The Morgan fingerprint density at radius 2 is 1.90 bits per heavy atom. The molecular weight excluding hydrogens is 376 g/mol. The molecule has 0 spiro atoms. The van der Waals surface area contributed by atoms with Crippen molar-refractivity contribution in [2.24, 2.45) is 0 Å². The lowest BCUT2D eigenvalue weighted by molar-refractivity contribution is -0.384. The van der Waals surface area contributed by atoms with Crippen LogP contribution in [0.3, 0.4) is 0 Å². The van der Waals surface area contributed by atoms with Gasteiger partial charge in [0.15, 0.2) is 0 Å². The van der Waals surface area contributed by atoms with Gasteiger partial charge >= 0.3 is 5.97 Å². The molecule has 3 rings (SSSR count). The van der Waals surface area contributed by atoms with Gasteiger partial charge in [0.2, 0.25) is 0 Å². The number of non-ortho nitro benzene ring substituents is 1. The van der Waals surface area contributed by atoms with Gasteiger partial charge in [0.1, 0.15) is 6.61 Å². The van der Waals surface area contributed by atoms with E-state index in [0.717, 1.165) is 5.56 Å². The molecule has 2 aromatic carbocycles. The molecule has 0 aliphatic carbocycles. The van der Waals surface area contributed by atoms with Crippen molar-refractivity contribution in [3.8, 4) is 0 Å². The third-order valence-electron chi connectivity index (χ3n) is 4.70. The Kier molecular flexibility index (Phi) is 6.56. The number of ether oxygens (including phenoxy) is 2. The Balaban J connectivity index is 1.83. The number of benzene rings is 2. The second kappa shape index (κ2) is 9.29. The van der Waals surface area contributed by atoms with Crippen LogP contribution in [0, 0.1) is 10.1 Å². The number of hydrogen-bond acceptors (Lipinski definition) is 6. The maximum atomic E-state index is 13.1. The molecule has 0 aromatic heterocycles. The third-order valence-corrected chi connectivity index (χ3v) is 4.70. The molecule has 0 bridgehead atoms. The number of hydrogen-bond donors (Lipinski definition) is 0. The van der Waals surface area contributed by atoms with Crippen molar-refractivity contribution in [3.63, 3.8) is 0 Å². The first-order chi connectivity index (χ1) is 14.0. The quantitative estimate of drug-likeness (QED) is 0.418. The summed E-state index contributed by atoms with van der Waals surface area (Å²) >= 11 is 0. The summed E-state index contributed by atoms with van der Waals surface area (Å²) in [5.74, 6) is -0.661. The Morgan fingerprint density at radius 1 is 1.17 bits per heavy atom. The number of nitro groups is 1. The van der Waals surface area contributed by atoms with E-state index < -0.39 is 10.9 Å². The molecule has 0 saturated carbocycles. The molecule has 8 nitrogen and oxygen atoms in total. The molecule has 8 heteroatoms. The molecule has 1 unspecified atom stereocenters. The Labute approximate surface area is 168 Å². The van der Waals surface area contributed by atoms with E-state index in [1.165, 1.54) is 24.3 Å². The highest BCUT2D eigenvalue weighted by Gasteiger charge is 2.28. The van der Waals surface area contributed by atoms with Gasteiger partial charge in [-0.15, -0.1) is 0 Å². The average molecular weight is 398 g/mol. The Morgan fingerprint density at radius 3 is 2.59 bits per heavy atom. The summed E-state index contributed by atoms with van der Waals surface area (Å²) < 4.78 is 10.7. The molecule has 0 saturated heterocycles. The highest BCUT2D eigenvalue weighted by Crippen LogP contribution is 2.35. The van der Waals surface area contributed by atoms with Gasteiger partial charge in [-0.05, 0) is 38.0 Å². The van der Waals surface area contributed by atoms with Crippen molar-refractivity contribution >= 4 is 23.3 Å². The van der Waals surface area contributed by atoms with Crippen molar-refractivity contribution in [1.29, 1.82) is 0 Å². The van der Waals surface area contributed by atoms with Gasteiger partial charge < -0.3 is 14.4 Å². The molecule has 0 radical (unpaired) electrons. The van der Waals surface area contributed by atoms with Crippen molar-refractivity contribution in [2.75, 3.05) is 24.7 Å². The monoisotopic (exact) mass is 398 g/mol. The molecule has 0 N–H and O–H groups in total. The van der Waals surface area contributed by atoms with Crippen molar-refractivity contribution < 1.29 is 24.0 Å². The normalized spacial score (nSPS) is 15.9. The number of nitrogens with zero attached hydrogens (tertiary/aromatic N) is 2. The molecule has 0 fully saturated rings. The van der Waals surface area contributed by atoms with E-state index in [4.69, 9.17) is 9.47 Å². The zero-order valence-electron chi connectivity index (χ0n) is 16.1.